The third kappa shape index (κ3) is 4.22. The summed E-state index contributed by atoms with van der Waals surface area (Å²) in [7, 11) is 1.62. The molecule has 1 fully saturated rings. The number of carbonyl (C=O) groups excluding carboxylic acids is 1. The summed E-state index contributed by atoms with van der Waals surface area (Å²) in [5.41, 5.74) is 0. The van der Waals surface area contributed by atoms with Gasteiger partial charge in [0.2, 0.25) is 0 Å². The van der Waals surface area contributed by atoms with E-state index in [9.17, 15) is 9.59 Å². The van der Waals surface area contributed by atoms with E-state index in [-0.39, 0.29) is 24.6 Å². The summed E-state index contributed by atoms with van der Waals surface area (Å²) in [5.74, 6) is -1.01. The molecule has 0 radical (unpaired) electrons. The third-order valence-electron chi connectivity index (χ3n) is 3.19. The van der Waals surface area contributed by atoms with Crippen LogP contribution in [0.25, 0.3) is 0 Å². The van der Waals surface area contributed by atoms with E-state index in [1.54, 1.807) is 7.05 Å². The van der Waals surface area contributed by atoms with Crippen molar-refractivity contribution in [2.45, 2.75) is 31.7 Å². The molecule has 6 heteroatoms. The Hall–Kier alpha value is -1.30. The first kappa shape index (κ1) is 13.8. The number of rotatable bonds is 4. The molecular formula is C11H20N2O4. The highest BCUT2D eigenvalue weighted by atomic mass is 16.4. The predicted molar refractivity (Wildman–Crippen MR) is 61.6 cm³/mol. The molecule has 1 saturated carbocycles. The number of aliphatic carboxylic acids is 1. The molecule has 1 rings (SSSR count). The van der Waals surface area contributed by atoms with Crippen LogP contribution in [0.3, 0.4) is 0 Å². The Kier molecular flexibility index (Phi) is 5.21. The Labute approximate surface area is 101 Å². The van der Waals surface area contributed by atoms with Crippen molar-refractivity contribution in [3.8, 4) is 0 Å². The van der Waals surface area contributed by atoms with Crippen LogP contribution >= 0.6 is 0 Å². The molecule has 1 aliphatic rings. The summed E-state index contributed by atoms with van der Waals surface area (Å²) in [6, 6.07) is -0.155. The van der Waals surface area contributed by atoms with Crippen molar-refractivity contribution in [1.29, 1.82) is 0 Å². The van der Waals surface area contributed by atoms with Gasteiger partial charge in [0.15, 0.2) is 0 Å². The average Bonchev–Trinajstić information content (AvgIpc) is 2.30. The van der Waals surface area contributed by atoms with E-state index >= 15 is 0 Å². The van der Waals surface area contributed by atoms with Gasteiger partial charge in [0.25, 0.3) is 0 Å². The molecule has 1 aliphatic carbocycles. The van der Waals surface area contributed by atoms with Crippen LogP contribution in [0.15, 0.2) is 0 Å². The van der Waals surface area contributed by atoms with Gasteiger partial charge in [-0.3, -0.25) is 4.79 Å². The quantitative estimate of drug-likeness (QED) is 0.662. The minimum Gasteiger partial charge on any atom is -0.481 e. The van der Waals surface area contributed by atoms with Gasteiger partial charge in [-0.1, -0.05) is 0 Å². The van der Waals surface area contributed by atoms with Crippen molar-refractivity contribution in [2.75, 3.05) is 20.2 Å². The molecule has 0 unspecified atom stereocenters. The van der Waals surface area contributed by atoms with E-state index in [0.29, 0.717) is 32.2 Å². The minimum absolute atomic E-state index is 0.0549. The van der Waals surface area contributed by atoms with Crippen LogP contribution in [-0.2, 0) is 4.79 Å². The molecule has 0 heterocycles. The number of nitrogens with zero attached hydrogens (tertiary/aromatic N) is 1. The van der Waals surface area contributed by atoms with Crippen LogP contribution in [0.4, 0.5) is 4.79 Å². The van der Waals surface area contributed by atoms with Crippen molar-refractivity contribution < 1.29 is 19.8 Å². The molecular weight excluding hydrogens is 224 g/mol. The summed E-state index contributed by atoms with van der Waals surface area (Å²) < 4.78 is 0. The molecule has 6 nitrogen and oxygen atoms in total. The van der Waals surface area contributed by atoms with Gasteiger partial charge in [0.1, 0.15) is 0 Å². The molecule has 0 spiro atoms. The van der Waals surface area contributed by atoms with Crippen LogP contribution < -0.4 is 5.32 Å². The fourth-order valence-corrected chi connectivity index (χ4v) is 2.02. The van der Waals surface area contributed by atoms with E-state index in [1.165, 1.54) is 4.90 Å². The lowest BCUT2D eigenvalue weighted by molar-refractivity contribution is -0.142. The van der Waals surface area contributed by atoms with Crippen LogP contribution in [0.2, 0.25) is 0 Å². The molecule has 0 bridgehead atoms. The topological polar surface area (TPSA) is 89.9 Å². The molecule has 0 aromatic heterocycles. The van der Waals surface area contributed by atoms with Gasteiger partial charge in [0.05, 0.1) is 12.5 Å². The van der Waals surface area contributed by atoms with Crippen LogP contribution in [0.5, 0.6) is 0 Å². The maximum Gasteiger partial charge on any atom is 0.317 e. The number of amides is 2. The first-order valence-electron chi connectivity index (χ1n) is 5.90. The summed E-state index contributed by atoms with van der Waals surface area (Å²) in [6.07, 6.45) is 2.64. The number of hydrogen-bond donors (Lipinski definition) is 3. The third-order valence-corrected chi connectivity index (χ3v) is 3.19. The zero-order valence-electron chi connectivity index (χ0n) is 10.1. The summed E-state index contributed by atoms with van der Waals surface area (Å²) in [6.45, 7) is 0.242. The number of nitrogens with one attached hydrogen (secondary N) is 1. The zero-order valence-corrected chi connectivity index (χ0v) is 10.1. The second-order valence-electron chi connectivity index (χ2n) is 4.48. The fourth-order valence-electron chi connectivity index (χ4n) is 2.02. The molecule has 0 atom stereocenters. The Morgan fingerprint density at radius 2 is 1.88 bits per heavy atom. The van der Waals surface area contributed by atoms with E-state index in [2.05, 4.69) is 5.32 Å². The molecule has 2 amide bonds. The van der Waals surface area contributed by atoms with E-state index in [4.69, 9.17) is 10.2 Å². The standard InChI is InChI=1S/C11H20N2O4/c1-13(6-7-14)11(17)12-9-4-2-8(3-5-9)10(15)16/h8-9,14H,2-7H2,1H3,(H,12,17)(H,15,16). The highest BCUT2D eigenvalue weighted by Gasteiger charge is 2.27. The molecule has 0 saturated heterocycles. The molecule has 0 aromatic carbocycles. The fraction of sp³-hybridized carbons (Fsp3) is 0.818. The van der Waals surface area contributed by atoms with E-state index in [1.807, 2.05) is 0 Å². The Bertz CT molecular complexity index is 275. The lowest BCUT2D eigenvalue weighted by Crippen LogP contribution is -2.45. The lowest BCUT2D eigenvalue weighted by Gasteiger charge is -2.28. The lowest BCUT2D eigenvalue weighted by atomic mass is 9.86. The predicted octanol–water partition coefficient (Wildman–Crippen LogP) is 0.263. The van der Waals surface area contributed by atoms with Crippen LogP contribution in [0, 0.1) is 5.92 Å². The van der Waals surface area contributed by atoms with Crippen molar-refractivity contribution in [3.05, 3.63) is 0 Å². The first-order valence-corrected chi connectivity index (χ1v) is 5.90. The number of likely N-dealkylation sites (N-methyl/N-ethyl adjacent to an activating group) is 1. The Morgan fingerprint density at radius 1 is 1.29 bits per heavy atom. The van der Waals surface area contributed by atoms with Gasteiger partial charge in [0, 0.05) is 19.6 Å². The molecule has 0 aromatic rings. The largest absolute Gasteiger partial charge is 0.481 e. The van der Waals surface area contributed by atoms with Crippen LogP contribution in [0.1, 0.15) is 25.7 Å². The van der Waals surface area contributed by atoms with Gasteiger partial charge in [-0.2, -0.15) is 0 Å². The number of carboxylic acid groups (broad SMARTS) is 1. The van der Waals surface area contributed by atoms with E-state index < -0.39 is 5.97 Å². The van der Waals surface area contributed by atoms with Crippen LogP contribution in [-0.4, -0.2) is 53.4 Å². The zero-order chi connectivity index (χ0) is 12.8. The number of urea groups is 1. The van der Waals surface area contributed by atoms with Gasteiger partial charge in [-0.05, 0) is 25.7 Å². The highest BCUT2D eigenvalue weighted by Crippen LogP contribution is 2.24. The van der Waals surface area contributed by atoms with Crippen molar-refractivity contribution in [2.24, 2.45) is 5.92 Å². The monoisotopic (exact) mass is 244 g/mol. The summed E-state index contributed by atoms with van der Waals surface area (Å²) >= 11 is 0. The van der Waals surface area contributed by atoms with Crippen molar-refractivity contribution in [3.63, 3.8) is 0 Å². The normalized spacial score (nSPS) is 24.1. The number of carbonyl (C=O) groups is 2. The second-order valence-corrected chi connectivity index (χ2v) is 4.48. The molecule has 3 N–H and O–H groups in total. The average molecular weight is 244 g/mol. The summed E-state index contributed by atoms with van der Waals surface area (Å²) in [4.78, 5) is 23.8. The van der Waals surface area contributed by atoms with E-state index in [0.717, 1.165) is 0 Å². The SMILES string of the molecule is CN(CCO)C(=O)NC1CCC(C(=O)O)CC1. The smallest absolute Gasteiger partial charge is 0.317 e. The van der Waals surface area contributed by atoms with Crippen molar-refractivity contribution >= 4 is 12.0 Å². The minimum atomic E-state index is -0.743. The number of aliphatic hydroxyl groups excluding tert-OH is 1. The maximum atomic E-state index is 11.6. The van der Waals surface area contributed by atoms with Gasteiger partial charge >= 0.3 is 12.0 Å². The number of hydrogen-bond acceptors (Lipinski definition) is 3. The second kappa shape index (κ2) is 6.44. The van der Waals surface area contributed by atoms with Gasteiger partial charge < -0.3 is 20.4 Å². The van der Waals surface area contributed by atoms with Crippen molar-refractivity contribution in [1.82, 2.24) is 10.2 Å². The Balaban J connectivity index is 2.30. The number of carboxylic acids is 1. The molecule has 98 valence electrons. The maximum absolute atomic E-state index is 11.6. The highest BCUT2D eigenvalue weighted by molar-refractivity contribution is 5.74. The molecule has 0 aliphatic heterocycles. The first-order chi connectivity index (χ1) is 8.04. The number of aliphatic hydroxyl groups is 1. The summed E-state index contributed by atoms with van der Waals surface area (Å²) in [5, 5.41) is 20.4. The molecule has 17 heavy (non-hydrogen) atoms. The van der Waals surface area contributed by atoms with Gasteiger partial charge in [-0.25, -0.2) is 4.79 Å². The van der Waals surface area contributed by atoms with Gasteiger partial charge in [-0.15, -0.1) is 0 Å². The Morgan fingerprint density at radius 3 is 2.35 bits per heavy atom.